The maximum Gasteiger partial charge on any atom is 0.319 e. The van der Waals surface area contributed by atoms with Gasteiger partial charge in [-0.1, -0.05) is 6.07 Å². The third-order valence-corrected chi connectivity index (χ3v) is 6.42. The molecule has 2 aromatic carbocycles. The van der Waals surface area contributed by atoms with E-state index in [1.165, 1.54) is 4.31 Å². The van der Waals surface area contributed by atoms with Crippen LogP contribution in [-0.4, -0.2) is 52.1 Å². The number of amides is 2. The first-order valence-electron chi connectivity index (χ1n) is 9.41. The van der Waals surface area contributed by atoms with E-state index < -0.39 is 10.0 Å². The van der Waals surface area contributed by atoms with Crippen LogP contribution in [0.15, 0.2) is 53.4 Å². The molecule has 1 saturated heterocycles. The van der Waals surface area contributed by atoms with E-state index in [4.69, 9.17) is 9.47 Å². The number of methoxy groups -OCH3 is 1. The average Bonchev–Trinajstić information content (AvgIpc) is 3.27. The molecule has 0 unspecified atom stereocenters. The van der Waals surface area contributed by atoms with Gasteiger partial charge < -0.3 is 20.1 Å². The maximum atomic E-state index is 12.5. The number of urea groups is 1. The molecule has 29 heavy (non-hydrogen) atoms. The molecule has 2 amide bonds. The van der Waals surface area contributed by atoms with Gasteiger partial charge in [0.15, 0.2) is 0 Å². The first-order chi connectivity index (χ1) is 14.0. The first-order valence-corrected chi connectivity index (χ1v) is 10.8. The van der Waals surface area contributed by atoms with Gasteiger partial charge in [0.05, 0.1) is 18.6 Å². The summed E-state index contributed by atoms with van der Waals surface area (Å²) in [5.74, 6) is 1.20. The quantitative estimate of drug-likeness (QED) is 0.641. The fourth-order valence-corrected chi connectivity index (χ4v) is 4.51. The highest BCUT2D eigenvalue weighted by atomic mass is 32.2. The van der Waals surface area contributed by atoms with Gasteiger partial charge in [0.25, 0.3) is 0 Å². The summed E-state index contributed by atoms with van der Waals surface area (Å²) in [5, 5.41) is 5.40. The molecule has 0 aliphatic carbocycles. The molecular weight excluding hydrogens is 394 g/mol. The Hall–Kier alpha value is -2.78. The van der Waals surface area contributed by atoms with Gasteiger partial charge in [-0.25, -0.2) is 13.2 Å². The standard InChI is InChI=1S/C20H25N3O5S/c1-27-18-6-4-5-16(15-18)22-20(24)21-11-14-28-17-7-9-19(10-8-17)29(25,26)23-12-2-3-13-23/h4-10,15H,2-3,11-14H2,1H3,(H2,21,22,24). The molecule has 1 heterocycles. The van der Waals surface area contributed by atoms with Gasteiger partial charge in [-0.3, -0.25) is 0 Å². The van der Waals surface area contributed by atoms with Crippen LogP contribution in [0.1, 0.15) is 12.8 Å². The Labute approximate surface area is 170 Å². The number of ether oxygens (including phenoxy) is 2. The second-order valence-corrected chi connectivity index (χ2v) is 8.48. The molecule has 9 heteroatoms. The molecule has 0 saturated carbocycles. The van der Waals surface area contributed by atoms with Crippen LogP contribution in [0.5, 0.6) is 11.5 Å². The molecule has 2 aromatic rings. The van der Waals surface area contributed by atoms with E-state index in [-0.39, 0.29) is 17.5 Å². The summed E-state index contributed by atoms with van der Waals surface area (Å²) >= 11 is 0. The van der Waals surface area contributed by atoms with E-state index in [1.807, 2.05) is 0 Å². The molecule has 0 aromatic heterocycles. The second kappa shape index (κ2) is 9.62. The van der Waals surface area contributed by atoms with Crippen molar-refractivity contribution in [2.45, 2.75) is 17.7 Å². The summed E-state index contributed by atoms with van der Waals surface area (Å²) in [5.41, 5.74) is 0.623. The number of carbonyl (C=O) groups is 1. The lowest BCUT2D eigenvalue weighted by atomic mass is 10.3. The van der Waals surface area contributed by atoms with E-state index in [2.05, 4.69) is 10.6 Å². The zero-order chi connectivity index (χ0) is 20.7. The Morgan fingerprint density at radius 2 is 1.79 bits per heavy atom. The zero-order valence-corrected chi connectivity index (χ0v) is 17.1. The Morgan fingerprint density at radius 1 is 1.07 bits per heavy atom. The minimum atomic E-state index is -3.42. The second-order valence-electron chi connectivity index (χ2n) is 6.54. The number of hydrogen-bond acceptors (Lipinski definition) is 5. The Morgan fingerprint density at radius 3 is 2.48 bits per heavy atom. The summed E-state index contributed by atoms with van der Waals surface area (Å²) in [4.78, 5) is 12.2. The van der Waals surface area contributed by atoms with Crippen LogP contribution in [0.4, 0.5) is 10.5 Å². The van der Waals surface area contributed by atoms with Crippen molar-refractivity contribution in [1.29, 1.82) is 0 Å². The molecule has 1 aliphatic rings. The highest BCUT2D eigenvalue weighted by Gasteiger charge is 2.26. The predicted molar refractivity (Wildman–Crippen MR) is 110 cm³/mol. The number of sulfonamides is 1. The van der Waals surface area contributed by atoms with Crippen molar-refractivity contribution in [2.75, 3.05) is 38.7 Å². The molecule has 2 N–H and O–H groups in total. The third kappa shape index (κ3) is 5.61. The third-order valence-electron chi connectivity index (χ3n) is 4.51. The highest BCUT2D eigenvalue weighted by molar-refractivity contribution is 7.89. The van der Waals surface area contributed by atoms with Gasteiger partial charge in [-0.15, -0.1) is 0 Å². The van der Waals surface area contributed by atoms with Crippen molar-refractivity contribution in [1.82, 2.24) is 9.62 Å². The summed E-state index contributed by atoms with van der Waals surface area (Å²) in [7, 11) is -1.86. The van der Waals surface area contributed by atoms with Crippen molar-refractivity contribution < 1.29 is 22.7 Å². The number of anilines is 1. The monoisotopic (exact) mass is 419 g/mol. The largest absolute Gasteiger partial charge is 0.497 e. The Bertz CT molecular complexity index is 925. The van der Waals surface area contributed by atoms with Crippen molar-refractivity contribution >= 4 is 21.7 Å². The number of rotatable bonds is 8. The van der Waals surface area contributed by atoms with Crippen molar-refractivity contribution in [3.8, 4) is 11.5 Å². The van der Waals surface area contributed by atoms with Crippen LogP contribution in [0.3, 0.4) is 0 Å². The molecule has 0 bridgehead atoms. The van der Waals surface area contributed by atoms with Crippen LogP contribution in [0, 0.1) is 0 Å². The van der Waals surface area contributed by atoms with E-state index >= 15 is 0 Å². The van der Waals surface area contributed by atoms with Crippen LogP contribution in [-0.2, 0) is 10.0 Å². The molecule has 0 spiro atoms. The van der Waals surface area contributed by atoms with Gasteiger partial charge in [-0.05, 0) is 49.2 Å². The number of nitrogens with zero attached hydrogens (tertiary/aromatic N) is 1. The van der Waals surface area contributed by atoms with Crippen molar-refractivity contribution in [3.63, 3.8) is 0 Å². The number of nitrogens with one attached hydrogen (secondary N) is 2. The molecule has 156 valence electrons. The summed E-state index contributed by atoms with van der Waals surface area (Å²) in [6.45, 7) is 1.70. The van der Waals surface area contributed by atoms with Gasteiger partial charge in [0.2, 0.25) is 10.0 Å². The van der Waals surface area contributed by atoms with E-state index in [1.54, 1.807) is 55.6 Å². The van der Waals surface area contributed by atoms with Crippen LogP contribution >= 0.6 is 0 Å². The fourth-order valence-electron chi connectivity index (χ4n) is 2.99. The van der Waals surface area contributed by atoms with Gasteiger partial charge in [-0.2, -0.15) is 4.31 Å². The molecule has 8 nitrogen and oxygen atoms in total. The van der Waals surface area contributed by atoms with Crippen LogP contribution in [0.25, 0.3) is 0 Å². The first kappa shape index (κ1) is 20.9. The summed E-state index contributed by atoms with van der Waals surface area (Å²) < 4.78 is 37.2. The minimum Gasteiger partial charge on any atom is -0.497 e. The minimum absolute atomic E-state index is 0.254. The molecule has 0 radical (unpaired) electrons. The lowest BCUT2D eigenvalue weighted by molar-refractivity contribution is 0.247. The smallest absolute Gasteiger partial charge is 0.319 e. The fraction of sp³-hybridized carbons (Fsp3) is 0.350. The summed E-state index contributed by atoms with van der Waals surface area (Å²) in [6.07, 6.45) is 1.80. The van der Waals surface area contributed by atoms with Crippen LogP contribution < -0.4 is 20.1 Å². The number of benzene rings is 2. The Balaban J connectivity index is 1.43. The average molecular weight is 420 g/mol. The maximum absolute atomic E-state index is 12.5. The topological polar surface area (TPSA) is 97.0 Å². The van der Waals surface area contributed by atoms with Crippen LogP contribution in [0.2, 0.25) is 0 Å². The predicted octanol–water partition coefficient (Wildman–Crippen LogP) is 2.68. The van der Waals surface area contributed by atoms with Gasteiger partial charge >= 0.3 is 6.03 Å². The molecular formula is C20H25N3O5S. The number of hydrogen-bond donors (Lipinski definition) is 2. The van der Waals surface area contributed by atoms with E-state index in [0.29, 0.717) is 36.8 Å². The lowest BCUT2D eigenvalue weighted by Crippen LogP contribution is -2.32. The zero-order valence-electron chi connectivity index (χ0n) is 16.3. The molecule has 0 atom stereocenters. The SMILES string of the molecule is COc1cccc(NC(=O)NCCOc2ccc(S(=O)(=O)N3CCCC3)cc2)c1. The normalized spacial score (nSPS) is 14.4. The molecule has 1 aliphatic heterocycles. The van der Waals surface area contributed by atoms with E-state index in [0.717, 1.165) is 12.8 Å². The van der Waals surface area contributed by atoms with Gasteiger partial charge in [0.1, 0.15) is 18.1 Å². The van der Waals surface area contributed by atoms with Crippen molar-refractivity contribution in [3.05, 3.63) is 48.5 Å². The Kier molecular flexibility index (Phi) is 6.95. The number of carbonyl (C=O) groups excluding carboxylic acids is 1. The van der Waals surface area contributed by atoms with Crippen molar-refractivity contribution in [2.24, 2.45) is 0 Å². The molecule has 3 rings (SSSR count). The van der Waals surface area contributed by atoms with Gasteiger partial charge in [0, 0.05) is 24.8 Å². The highest BCUT2D eigenvalue weighted by Crippen LogP contribution is 2.23. The summed E-state index contributed by atoms with van der Waals surface area (Å²) in [6, 6.07) is 13.0. The lowest BCUT2D eigenvalue weighted by Gasteiger charge is -2.15. The molecule has 1 fully saturated rings. The van der Waals surface area contributed by atoms with E-state index in [9.17, 15) is 13.2 Å².